The molecule has 0 aliphatic heterocycles. The van der Waals surface area contributed by atoms with Gasteiger partial charge in [-0.25, -0.2) is 0 Å². The summed E-state index contributed by atoms with van der Waals surface area (Å²) >= 11 is 0. The van der Waals surface area contributed by atoms with E-state index in [1.807, 2.05) is 6.07 Å². The maximum Gasteiger partial charge on any atom is 0.124 e. The zero-order valence-corrected chi connectivity index (χ0v) is 14.1. The van der Waals surface area contributed by atoms with Gasteiger partial charge < -0.3 is 18.9 Å². The van der Waals surface area contributed by atoms with Crippen LogP contribution >= 0.6 is 7.82 Å². The molecule has 0 saturated heterocycles. The summed E-state index contributed by atoms with van der Waals surface area (Å²) in [4.78, 5) is 21.6. The van der Waals surface area contributed by atoms with Crippen molar-refractivity contribution in [2.75, 3.05) is 0 Å². The van der Waals surface area contributed by atoms with E-state index >= 15 is 0 Å². The van der Waals surface area contributed by atoms with Gasteiger partial charge in [-0.15, -0.1) is 0 Å². The summed E-state index contributed by atoms with van der Waals surface area (Å²) in [5, 5.41) is 0. The van der Waals surface area contributed by atoms with Crippen molar-refractivity contribution in [2.45, 2.75) is 39.0 Å². The lowest BCUT2D eigenvalue weighted by Gasteiger charge is -2.52. The Balaban J connectivity index is 1.67. The quantitative estimate of drug-likeness (QED) is 0.797. The molecule has 4 aliphatic rings. The standard InChI is InChI=1S/C18H23O4P/c1-11(14-3-2-4-17(10-14)22-23(19,20)21)18-15-6-12-5-13(8-15)9-16(18)7-12/h2-4,10,12-13,15-16H,5-9H2,1H3,(H2,19,20,21)/p-2. The molecule has 0 aromatic heterocycles. The van der Waals surface area contributed by atoms with E-state index in [4.69, 9.17) is 0 Å². The lowest BCUT2D eigenvalue weighted by Crippen LogP contribution is -2.40. The molecule has 0 atom stereocenters. The highest BCUT2D eigenvalue weighted by Gasteiger charge is 2.45. The van der Waals surface area contributed by atoms with E-state index < -0.39 is 7.82 Å². The predicted octanol–water partition coefficient (Wildman–Crippen LogP) is 3.12. The second kappa shape index (κ2) is 5.47. The van der Waals surface area contributed by atoms with Crippen LogP contribution in [-0.4, -0.2) is 0 Å². The van der Waals surface area contributed by atoms with Gasteiger partial charge >= 0.3 is 0 Å². The first kappa shape index (κ1) is 15.4. The van der Waals surface area contributed by atoms with Crippen LogP contribution in [0, 0.1) is 23.7 Å². The third-order valence-electron chi connectivity index (χ3n) is 5.93. The SMILES string of the molecule is CC(=C1C2CC3CC(C2)CC1C3)c1cccc(OP(=O)([O-])[O-])c1. The minimum Gasteiger partial charge on any atom is -0.780 e. The highest BCUT2D eigenvalue weighted by atomic mass is 31.2. The van der Waals surface area contributed by atoms with Crippen LogP contribution < -0.4 is 14.3 Å². The van der Waals surface area contributed by atoms with Crippen LogP contribution in [0.15, 0.2) is 29.8 Å². The zero-order chi connectivity index (χ0) is 16.2. The third-order valence-corrected chi connectivity index (χ3v) is 6.37. The molecule has 0 spiro atoms. The van der Waals surface area contributed by atoms with Crippen molar-refractivity contribution in [3.05, 3.63) is 35.4 Å². The van der Waals surface area contributed by atoms with E-state index in [9.17, 15) is 14.4 Å². The molecule has 4 saturated carbocycles. The van der Waals surface area contributed by atoms with E-state index in [1.165, 1.54) is 43.7 Å². The number of benzene rings is 1. The Kier molecular flexibility index (Phi) is 3.67. The van der Waals surface area contributed by atoms with Crippen molar-refractivity contribution in [2.24, 2.45) is 23.7 Å². The predicted molar refractivity (Wildman–Crippen MR) is 84.3 cm³/mol. The van der Waals surface area contributed by atoms with Gasteiger partial charge in [-0.2, -0.15) is 0 Å². The molecule has 1 aromatic rings. The zero-order valence-electron chi connectivity index (χ0n) is 13.2. The molecular weight excluding hydrogens is 311 g/mol. The maximum absolute atomic E-state index is 10.8. The molecule has 4 aliphatic carbocycles. The molecule has 0 unspecified atom stereocenters. The first-order valence-corrected chi connectivity index (χ1v) is 9.88. The van der Waals surface area contributed by atoms with E-state index in [0.717, 1.165) is 17.4 Å². The average Bonchev–Trinajstić information content (AvgIpc) is 2.44. The summed E-state index contributed by atoms with van der Waals surface area (Å²) in [6.07, 6.45) is 6.67. The van der Waals surface area contributed by atoms with Gasteiger partial charge in [0, 0.05) is 0 Å². The molecule has 4 bridgehead atoms. The summed E-state index contributed by atoms with van der Waals surface area (Å²) in [7, 11) is -5.01. The fourth-order valence-corrected chi connectivity index (χ4v) is 5.76. The van der Waals surface area contributed by atoms with Gasteiger partial charge in [-0.3, -0.25) is 0 Å². The van der Waals surface area contributed by atoms with Gasteiger partial charge in [0.25, 0.3) is 0 Å². The Morgan fingerprint density at radius 1 is 1.09 bits per heavy atom. The van der Waals surface area contributed by atoms with Crippen molar-refractivity contribution < 1.29 is 18.9 Å². The summed E-state index contributed by atoms with van der Waals surface area (Å²) < 4.78 is 15.3. The molecule has 0 amide bonds. The molecule has 0 N–H and O–H groups in total. The number of phosphoric ester groups is 1. The molecule has 5 rings (SSSR count). The van der Waals surface area contributed by atoms with Crippen molar-refractivity contribution >= 4 is 13.4 Å². The minimum absolute atomic E-state index is 0.111. The number of rotatable bonds is 3. The smallest absolute Gasteiger partial charge is 0.124 e. The Bertz CT molecular complexity index is 673. The van der Waals surface area contributed by atoms with E-state index in [0.29, 0.717) is 11.8 Å². The topological polar surface area (TPSA) is 72.4 Å². The van der Waals surface area contributed by atoms with E-state index in [1.54, 1.807) is 17.7 Å². The van der Waals surface area contributed by atoms with Crippen LogP contribution in [0.3, 0.4) is 0 Å². The first-order chi connectivity index (χ1) is 10.9. The normalized spacial score (nSPS) is 32.2. The fourth-order valence-electron chi connectivity index (χ4n) is 5.39. The second-order valence-electron chi connectivity index (χ2n) is 7.45. The summed E-state index contributed by atoms with van der Waals surface area (Å²) in [5.41, 5.74) is 3.79. The largest absolute Gasteiger partial charge is 0.780 e. The maximum atomic E-state index is 10.8. The molecule has 124 valence electrons. The van der Waals surface area contributed by atoms with Crippen LogP contribution in [0.5, 0.6) is 5.75 Å². The number of hydrogen-bond acceptors (Lipinski definition) is 4. The molecule has 23 heavy (non-hydrogen) atoms. The minimum atomic E-state index is -5.01. The van der Waals surface area contributed by atoms with Gasteiger partial charge in [0.2, 0.25) is 0 Å². The monoisotopic (exact) mass is 332 g/mol. The number of hydrogen-bond donors (Lipinski definition) is 0. The van der Waals surface area contributed by atoms with Crippen LogP contribution in [0.1, 0.15) is 44.6 Å². The van der Waals surface area contributed by atoms with Crippen molar-refractivity contribution in [3.63, 3.8) is 0 Å². The molecule has 0 radical (unpaired) electrons. The molecule has 1 aromatic carbocycles. The molecular formula is C18H21O4P-2. The van der Waals surface area contributed by atoms with Crippen LogP contribution in [0.4, 0.5) is 0 Å². The Morgan fingerprint density at radius 2 is 1.70 bits per heavy atom. The second-order valence-corrected chi connectivity index (χ2v) is 8.53. The van der Waals surface area contributed by atoms with Crippen molar-refractivity contribution in [1.82, 2.24) is 0 Å². The lowest BCUT2D eigenvalue weighted by atomic mass is 9.53. The summed E-state index contributed by atoms with van der Waals surface area (Å²) in [6, 6.07) is 6.91. The summed E-state index contributed by atoms with van der Waals surface area (Å²) in [5.74, 6) is 3.33. The first-order valence-electron chi connectivity index (χ1n) is 8.42. The highest BCUT2D eigenvalue weighted by molar-refractivity contribution is 7.43. The van der Waals surface area contributed by atoms with Crippen LogP contribution in [-0.2, 0) is 4.57 Å². The molecule has 5 heteroatoms. The Hall–Kier alpha value is -1.09. The van der Waals surface area contributed by atoms with Gasteiger partial charge in [-0.1, -0.05) is 17.7 Å². The fraction of sp³-hybridized carbons (Fsp3) is 0.556. The van der Waals surface area contributed by atoms with E-state index in [2.05, 4.69) is 11.4 Å². The van der Waals surface area contributed by atoms with Crippen LogP contribution in [0.25, 0.3) is 5.57 Å². The lowest BCUT2D eigenvalue weighted by molar-refractivity contribution is -0.333. The Morgan fingerprint density at radius 3 is 2.26 bits per heavy atom. The Labute approximate surface area is 136 Å². The van der Waals surface area contributed by atoms with Gasteiger partial charge in [0.05, 0.1) is 0 Å². The highest BCUT2D eigenvalue weighted by Crippen LogP contribution is 2.57. The molecule has 0 heterocycles. The third kappa shape index (κ3) is 3.00. The van der Waals surface area contributed by atoms with E-state index in [-0.39, 0.29) is 5.75 Å². The average molecular weight is 332 g/mol. The molecule has 4 fully saturated rings. The van der Waals surface area contributed by atoms with Gasteiger partial charge in [0.15, 0.2) is 0 Å². The van der Waals surface area contributed by atoms with Crippen molar-refractivity contribution in [3.8, 4) is 5.75 Å². The molecule has 4 nitrogen and oxygen atoms in total. The number of allylic oxidation sites excluding steroid dienone is 2. The number of phosphoric acid groups is 1. The van der Waals surface area contributed by atoms with Crippen molar-refractivity contribution in [1.29, 1.82) is 0 Å². The summed E-state index contributed by atoms with van der Waals surface area (Å²) in [6.45, 7) is 2.13. The van der Waals surface area contributed by atoms with Crippen LogP contribution in [0.2, 0.25) is 0 Å². The van der Waals surface area contributed by atoms with Gasteiger partial charge in [0.1, 0.15) is 13.6 Å². The van der Waals surface area contributed by atoms with Gasteiger partial charge in [-0.05, 0) is 86.0 Å².